The average molecular weight is 558 g/mol. The first kappa shape index (κ1) is 24.1. The largest absolute Gasteiger partial charge is 0.489 e. The molecule has 172 valence electrons. The van der Waals surface area contributed by atoms with Gasteiger partial charge in [0.1, 0.15) is 18.9 Å². The first-order valence-corrected chi connectivity index (χ1v) is 12.1. The number of nitrogens with zero attached hydrogens (tertiary/aromatic N) is 1. The minimum absolute atomic E-state index is 0.240. The normalized spacial score (nSPS) is 14.5. The van der Waals surface area contributed by atoms with Crippen LogP contribution in [0.4, 0.5) is 10.5 Å². The molecular weight excluding hydrogens is 540 g/mol. The molecule has 0 radical (unpaired) electrons. The van der Waals surface area contributed by atoms with Crippen LogP contribution < -0.4 is 10.1 Å². The molecule has 0 atom stereocenters. The number of amides is 3. The molecule has 34 heavy (non-hydrogen) atoms. The maximum atomic E-state index is 12.8. The van der Waals surface area contributed by atoms with Crippen LogP contribution in [0.3, 0.4) is 0 Å². The van der Waals surface area contributed by atoms with Crippen molar-refractivity contribution in [2.45, 2.75) is 6.61 Å². The first-order valence-electron chi connectivity index (χ1n) is 10.2. The highest BCUT2D eigenvalue weighted by molar-refractivity contribution is 9.10. The highest BCUT2D eigenvalue weighted by Crippen LogP contribution is 2.32. The molecule has 3 aromatic rings. The highest BCUT2D eigenvalue weighted by atomic mass is 79.9. The molecule has 1 fully saturated rings. The number of ether oxygens (including phenoxy) is 1. The second-order valence-corrected chi connectivity index (χ2v) is 9.59. The standard InChI is InChI=1S/C25H18BrClN2O4S/c26-18-8-10-19(11-9-18)28-23(30)14-29-24(31)22(34-25(29)32)13-16-4-3-6-20(12-16)33-15-17-5-1-2-7-21(17)27/h1-13H,14-15H2,(H,28,30)/b22-13+. The topological polar surface area (TPSA) is 75.7 Å². The van der Waals surface area contributed by atoms with Gasteiger partial charge in [0.15, 0.2) is 0 Å². The Morgan fingerprint density at radius 1 is 1.06 bits per heavy atom. The van der Waals surface area contributed by atoms with E-state index in [-0.39, 0.29) is 11.4 Å². The van der Waals surface area contributed by atoms with Crippen molar-refractivity contribution in [3.8, 4) is 5.75 Å². The van der Waals surface area contributed by atoms with Gasteiger partial charge in [-0.25, -0.2) is 0 Å². The number of imide groups is 1. The number of rotatable bonds is 7. The van der Waals surface area contributed by atoms with Crippen LogP contribution in [-0.2, 0) is 16.2 Å². The number of carbonyl (C=O) groups is 3. The molecule has 0 aliphatic carbocycles. The van der Waals surface area contributed by atoms with E-state index in [0.29, 0.717) is 28.6 Å². The molecule has 1 aliphatic rings. The summed E-state index contributed by atoms with van der Waals surface area (Å²) in [5.74, 6) is -0.369. The van der Waals surface area contributed by atoms with Crippen LogP contribution in [0.15, 0.2) is 82.2 Å². The molecule has 0 saturated carbocycles. The maximum absolute atomic E-state index is 12.8. The number of nitrogens with one attached hydrogen (secondary N) is 1. The molecule has 9 heteroatoms. The van der Waals surface area contributed by atoms with Crippen LogP contribution >= 0.6 is 39.3 Å². The summed E-state index contributed by atoms with van der Waals surface area (Å²) in [6.45, 7) is -0.0633. The lowest BCUT2D eigenvalue weighted by molar-refractivity contribution is -0.127. The highest BCUT2D eigenvalue weighted by Gasteiger charge is 2.36. The molecule has 3 amide bonds. The number of hydrogen-bond donors (Lipinski definition) is 1. The van der Waals surface area contributed by atoms with Crippen molar-refractivity contribution in [1.29, 1.82) is 0 Å². The van der Waals surface area contributed by atoms with E-state index in [1.165, 1.54) is 0 Å². The van der Waals surface area contributed by atoms with E-state index in [2.05, 4.69) is 21.2 Å². The molecule has 0 bridgehead atoms. The number of anilines is 1. The van der Waals surface area contributed by atoms with Gasteiger partial charge in [0.2, 0.25) is 5.91 Å². The molecule has 4 rings (SSSR count). The Morgan fingerprint density at radius 2 is 1.82 bits per heavy atom. The molecule has 1 saturated heterocycles. The summed E-state index contributed by atoms with van der Waals surface area (Å²) in [5, 5.41) is 2.81. The van der Waals surface area contributed by atoms with Crippen molar-refractivity contribution in [2.24, 2.45) is 0 Å². The summed E-state index contributed by atoms with van der Waals surface area (Å²) in [6, 6.07) is 21.6. The lowest BCUT2D eigenvalue weighted by atomic mass is 10.2. The van der Waals surface area contributed by atoms with Crippen LogP contribution in [0.1, 0.15) is 11.1 Å². The molecule has 3 aromatic carbocycles. The van der Waals surface area contributed by atoms with Crippen molar-refractivity contribution in [1.82, 2.24) is 4.90 Å². The number of halogens is 2. The van der Waals surface area contributed by atoms with Crippen LogP contribution in [0.5, 0.6) is 5.75 Å². The predicted octanol–water partition coefficient (Wildman–Crippen LogP) is 6.36. The molecule has 0 aromatic heterocycles. The Bertz CT molecular complexity index is 1280. The third-order valence-electron chi connectivity index (χ3n) is 4.81. The fourth-order valence-electron chi connectivity index (χ4n) is 3.14. The minimum atomic E-state index is -0.511. The lowest BCUT2D eigenvalue weighted by Gasteiger charge is -2.12. The number of hydrogen-bond acceptors (Lipinski definition) is 5. The van der Waals surface area contributed by atoms with E-state index >= 15 is 0 Å². The van der Waals surface area contributed by atoms with Gasteiger partial charge in [-0.2, -0.15) is 0 Å². The Balaban J connectivity index is 1.40. The van der Waals surface area contributed by atoms with Gasteiger partial charge in [0.05, 0.1) is 4.91 Å². The fourth-order valence-corrected chi connectivity index (χ4v) is 4.43. The summed E-state index contributed by atoms with van der Waals surface area (Å²) < 4.78 is 6.70. The van der Waals surface area contributed by atoms with Gasteiger partial charge in [0, 0.05) is 20.7 Å². The van der Waals surface area contributed by atoms with Crippen LogP contribution in [-0.4, -0.2) is 28.5 Å². The summed E-state index contributed by atoms with van der Waals surface area (Å²) in [4.78, 5) is 38.7. The van der Waals surface area contributed by atoms with Crippen molar-refractivity contribution in [2.75, 3.05) is 11.9 Å². The fraction of sp³-hybridized carbons (Fsp3) is 0.0800. The van der Waals surface area contributed by atoms with E-state index in [0.717, 1.165) is 26.7 Å². The summed E-state index contributed by atoms with van der Waals surface area (Å²) in [7, 11) is 0. The molecule has 1 N–H and O–H groups in total. The molecule has 6 nitrogen and oxygen atoms in total. The SMILES string of the molecule is O=C(CN1C(=O)S/C(=C/c2cccc(OCc3ccccc3Cl)c2)C1=O)Nc1ccc(Br)cc1. The molecule has 0 spiro atoms. The van der Waals surface area contributed by atoms with E-state index in [9.17, 15) is 14.4 Å². The lowest BCUT2D eigenvalue weighted by Crippen LogP contribution is -2.36. The zero-order valence-corrected chi connectivity index (χ0v) is 20.8. The first-order chi connectivity index (χ1) is 16.4. The average Bonchev–Trinajstić information content (AvgIpc) is 3.07. The zero-order chi connectivity index (χ0) is 24.1. The van der Waals surface area contributed by atoms with Gasteiger partial charge in [0.25, 0.3) is 11.1 Å². The smallest absolute Gasteiger partial charge is 0.294 e. The van der Waals surface area contributed by atoms with Crippen molar-refractivity contribution in [3.05, 3.63) is 98.3 Å². The Morgan fingerprint density at radius 3 is 2.59 bits per heavy atom. The minimum Gasteiger partial charge on any atom is -0.489 e. The Hall–Kier alpha value is -3.07. The Kier molecular flexibility index (Phi) is 7.72. The number of thioether (sulfide) groups is 1. The van der Waals surface area contributed by atoms with Gasteiger partial charge in [-0.1, -0.05) is 57.9 Å². The van der Waals surface area contributed by atoms with E-state index in [4.69, 9.17) is 16.3 Å². The molecule has 1 aliphatic heterocycles. The second kappa shape index (κ2) is 10.9. The summed E-state index contributed by atoms with van der Waals surface area (Å²) >= 11 is 10.3. The maximum Gasteiger partial charge on any atom is 0.294 e. The molecule has 0 unspecified atom stereocenters. The van der Waals surface area contributed by atoms with Crippen LogP contribution in [0.25, 0.3) is 6.08 Å². The number of benzene rings is 3. The van der Waals surface area contributed by atoms with Crippen molar-refractivity contribution >= 4 is 68.1 Å². The van der Waals surface area contributed by atoms with E-state index < -0.39 is 17.1 Å². The van der Waals surface area contributed by atoms with Gasteiger partial charge < -0.3 is 10.1 Å². The van der Waals surface area contributed by atoms with E-state index in [1.807, 2.05) is 18.2 Å². The molecular formula is C25H18BrClN2O4S. The van der Waals surface area contributed by atoms with Crippen molar-refractivity contribution < 1.29 is 19.1 Å². The van der Waals surface area contributed by atoms with Gasteiger partial charge in [-0.15, -0.1) is 0 Å². The van der Waals surface area contributed by atoms with Crippen LogP contribution in [0.2, 0.25) is 5.02 Å². The predicted molar refractivity (Wildman–Crippen MR) is 138 cm³/mol. The second-order valence-electron chi connectivity index (χ2n) is 7.28. The third-order valence-corrected chi connectivity index (χ3v) is 6.62. The Labute approximate surface area is 214 Å². The number of carbonyl (C=O) groups excluding carboxylic acids is 3. The third kappa shape index (κ3) is 6.08. The summed E-state index contributed by atoms with van der Waals surface area (Å²) in [6.07, 6.45) is 1.61. The van der Waals surface area contributed by atoms with Gasteiger partial charge in [-0.3, -0.25) is 19.3 Å². The van der Waals surface area contributed by atoms with Gasteiger partial charge >= 0.3 is 0 Å². The monoisotopic (exact) mass is 556 g/mol. The van der Waals surface area contributed by atoms with E-state index in [1.54, 1.807) is 60.7 Å². The zero-order valence-electron chi connectivity index (χ0n) is 17.7. The van der Waals surface area contributed by atoms with Gasteiger partial charge in [-0.05, 0) is 65.9 Å². The van der Waals surface area contributed by atoms with Crippen molar-refractivity contribution in [3.63, 3.8) is 0 Å². The quantitative estimate of drug-likeness (QED) is 0.342. The molecule has 1 heterocycles. The summed E-state index contributed by atoms with van der Waals surface area (Å²) in [5.41, 5.74) is 2.13. The van der Waals surface area contributed by atoms with Crippen LogP contribution in [0, 0.1) is 0 Å².